The van der Waals surface area contributed by atoms with Gasteiger partial charge in [0.2, 0.25) is 0 Å². The van der Waals surface area contributed by atoms with Crippen molar-refractivity contribution < 1.29 is 8.78 Å². The molecule has 7 heteroatoms. The zero-order valence-corrected chi connectivity index (χ0v) is 13.8. The number of aromatic nitrogens is 2. The van der Waals surface area contributed by atoms with Crippen LogP contribution in [0, 0.1) is 11.6 Å². The number of rotatable bonds is 8. The van der Waals surface area contributed by atoms with E-state index in [0.29, 0.717) is 31.0 Å². The average Bonchev–Trinajstić information content (AvgIpc) is 3.07. The van der Waals surface area contributed by atoms with E-state index in [-0.39, 0.29) is 0 Å². The minimum atomic E-state index is -0.559. The van der Waals surface area contributed by atoms with Crippen LogP contribution in [-0.4, -0.2) is 35.4 Å². The van der Waals surface area contributed by atoms with Gasteiger partial charge < -0.3 is 10.6 Å². The van der Waals surface area contributed by atoms with Crippen LogP contribution in [0.15, 0.2) is 41.7 Å². The summed E-state index contributed by atoms with van der Waals surface area (Å²) in [5, 5.41) is 10.5. The van der Waals surface area contributed by atoms with Crippen LogP contribution in [0.1, 0.15) is 18.9 Å². The zero-order chi connectivity index (χ0) is 17.2. The molecular formula is C17H23F2N5. The monoisotopic (exact) mass is 335 g/mol. The van der Waals surface area contributed by atoms with Gasteiger partial charge in [-0.2, -0.15) is 5.10 Å². The van der Waals surface area contributed by atoms with Crippen molar-refractivity contribution >= 4 is 5.96 Å². The molecule has 0 aliphatic heterocycles. The van der Waals surface area contributed by atoms with Crippen molar-refractivity contribution in [3.63, 3.8) is 0 Å². The quantitative estimate of drug-likeness (QED) is 0.442. The third-order valence-electron chi connectivity index (χ3n) is 3.42. The third-order valence-corrected chi connectivity index (χ3v) is 3.42. The highest BCUT2D eigenvalue weighted by atomic mass is 19.1. The standard InChI is InChI=1S/C17H23F2N5/c1-2-20-17(21-8-3-11-24-12-4-9-23-24)22-10-7-14-5-6-15(18)13-16(14)19/h4-6,9,12-13H,2-3,7-8,10-11H2,1H3,(H2,20,21,22). The molecule has 0 amide bonds. The maximum Gasteiger partial charge on any atom is 0.191 e. The van der Waals surface area contributed by atoms with Gasteiger partial charge in [0, 0.05) is 44.6 Å². The van der Waals surface area contributed by atoms with Crippen LogP contribution in [0.4, 0.5) is 8.78 Å². The lowest BCUT2D eigenvalue weighted by molar-refractivity contribution is 0.570. The first-order chi connectivity index (χ1) is 11.7. The summed E-state index contributed by atoms with van der Waals surface area (Å²) in [7, 11) is 0. The predicted octanol–water partition coefficient (Wildman–Crippen LogP) is 2.35. The van der Waals surface area contributed by atoms with Crippen LogP contribution in [0.25, 0.3) is 0 Å². The molecule has 0 unspecified atom stereocenters. The normalized spacial score (nSPS) is 11.5. The molecule has 0 saturated carbocycles. The number of halogens is 2. The fourth-order valence-electron chi connectivity index (χ4n) is 2.24. The highest BCUT2D eigenvalue weighted by Crippen LogP contribution is 2.09. The summed E-state index contributed by atoms with van der Waals surface area (Å²) in [6.07, 6.45) is 5.02. The molecule has 0 radical (unpaired) electrons. The second-order valence-corrected chi connectivity index (χ2v) is 5.30. The Bertz CT molecular complexity index is 640. The molecule has 0 saturated heterocycles. The molecule has 5 nitrogen and oxygen atoms in total. The predicted molar refractivity (Wildman–Crippen MR) is 90.9 cm³/mol. The first-order valence-electron chi connectivity index (χ1n) is 8.12. The van der Waals surface area contributed by atoms with Crippen molar-refractivity contribution in [1.82, 2.24) is 20.4 Å². The van der Waals surface area contributed by atoms with Gasteiger partial charge in [0.1, 0.15) is 11.6 Å². The number of aryl methyl sites for hydroxylation is 1. The summed E-state index contributed by atoms with van der Waals surface area (Å²) in [6.45, 7) is 4.74. The second kappa shape index (κ2) is 9.64. The Morgan fingerprint density at radius 2 is 2.17 bits per heavy atom. The topological polar surface area (TPSA) is 54.2 Å². The lowest BCUT2D eigenvalue weighted by Crippen LogP contribution is -2.38. The highest BCUT2D eigenvalue weighted by molar-refractivity contribution is 5.79. The van der Waals surface area contributed by atoms with Gasteiger partial charge in [0.15, 0.2) is 5.96 Å². The minimum Gasteiger partial charge on any atom is -0.357 e. The van der Waals surface area contributed by atoms with E-state index in [1.807, 2.05) is 23.9 Å². The summed E-state index contributed by atoms with van der Waals surface area (Å²) in [5.74, 6) is -0.380. The van der Waals surface area contributed by atoms with Crippen LogP contribution < -0.4 is 10.6 Å². The Balaban J connectivity index is 1.76. The van der Waals surface area contributed by atoms with Gasteiger partial charge in [-0.1, -0.05) is 6.07 Å². The van der Waals surface area contributed by atoms with E-state index in [0.717, 1.165) is 25.6 Å². The van der Waals surface area contributed by atoms with Gasteiger partial charge in [-0.3, -0.25) is 9.67 Å². The average molecular weight is 335 g/mol. The maximum absolute atomic E-state index is 13.6. The van der Waals surface area contributed by atoms with E-state index in [2.05, 4.69) is 20.7 Å². The molecule has 1 heterocycles. The van der Waals surface area contributed by atoms with Crippen LogP contribution in [0.3, 0.4) is 0 Å². The fourth-order valence-corrected chi connectivity index (χ4v) is 2.24. The number of nitrogens with zero attached hydrogens (tertiary/aromatic N) is 3. The van der Waals surface area contributed by atoms with E-state index in [9.17, 15) is 8.78 Å². The number of benzene rings is 1. The number of hydrogen-bond acceptors (Lipinski definition) is 2. The van der Waals surface area contributed by atoms with E-state index >= 15 is 0 Å². The summed E-state index contributed by atoms with van der Waals surface area (Å²) < 4.78 is 28.3. The number of guanidine groups is 1. The molecular weight excluding hydrogens is 312 g/mol. The Labute approximate surface area is 140 Å². The van der Waals surface area contributed by atoms with E-state index in [1.54, 1.807) is 6.20 Å². The van der Waals surface area contributed by atoms with Gasteiger partial charge in [-0.25, -0.2) is 8.78 Å². The molecule has 0 bridgehead atoms. The lowest BCUT2D eigenvalue weighted by atomic mass is 10.1. The largest absolute Gasteiger partial charge is 0.357 e. The van der Waals surface area contributed by atoms with Gasteiger partial charge in [-0.15, -0.1) is 0 Å². The molecule has 2 rings (SSSR count). The molecule has 2 aromatic rings. The molecule has 2 N–H and O–H groups in total. The van der Waals surface area contributed by atoms with Crippen molar-refractivity contribution in [3.8, 4) is 0 Å². The molecule has 1 aromatic heterocycles. The Morgan fingerprint density at radius 3 is 2.88 bits per heavy atom. The summed E-state index contributed by atoms with van der Waals surface area (Å²) >= 11 is 0. The van der Waals surface area contributed by atoms with Crippen molar-refractivity contribution in [2.24, 2.45) is 4.99 Å². The van der Waals surface area contributed by atoms with E-state index in [1.165, 1.54) is 12.1 Å². The number of nitrogens with one attached hydrogen (secondary N) is 2. The molecule has 1 aromatic carbocycles. The van der Waals surface area contributed by atoms with Crippen molar-refractivity contribution in [3.05, 3.63) is 53.9 Å². The molecule has 0 spiro atoms. The molecule has 0 aliphatic carbocycles. The van der Waals surface area contributed by atoms with E-state index in [4.69, 9.17) is 0 Å². The summed E-state index contributed by atoms with van der Waals surface area (Å²) in [6, 6.07) is 5.54. The maximum atomic E-state index is 13.6. The Morgan fingerprint density at radius 1 is 1.29 bits per heavy atom. The first kappa shape index (κ1) is 17.9. The number of aliphatic imine (C=N–C) groups is 1. The van der Waals surface area contributed by atoms with Crippen LogP contribution >= 0.6 is 0 Å². The highest BCUT2D eigenvalue weighted by Gasteiger charge is 2.04. The fraction of sp³-hybridized carbons (Fsp3) is 0.412. The number of hydrogen-bond donors (Lipinski definition) is 2. The second-order valence-electron chi connectivity index (χ2n) is 5.30. The zero-order valence-electron chi connectivity index (χ0n) is 13.8. The van der Waals surface area contributed by atoms with E-state index < -0.39 is 11.6 Å². The van der Waals surface area contributed by atoms with Gasteiger partial charge >= 0.3 is 0 Å². The van der Waals surface area contributed by atoms with Crippen molar-refractivity contribution in [2.45, 2.75) is 26.3 Å². The molecule has 0 fully saturated rings. The SMILES string of the molecule is CCNC(=NCCCn1cccn1)NCCc1ccc(F)cc1F. The smallest absolute Gasteiger partial charge is 0.191 e. The Hall–Kier alpha value is -2.44. The van der Waals surface area contributed by atoms with Gasteiger partial charge in [0.25, 0.3) is 0 Å². The molecule has 130 valence electrons. The van der Waals surface area contributed by atoms with Crippen LogP contribution in [0.2, 0.25) is 0 Å². The van der Waals surface area contributed by atoms with Crippen molar-refractivity contribution in [2.75, 3.05) is 19.6 Å². The van der Waals surface area contributed by atoms with Gasteiger partial charge in [0.05, 0.1) is 0 Å². The molecule has 0 atom stereocenters. The van der Waals surface area contributed by atoms with Gasteiger partial charge in [-0.05, 0) is 37.5 Å². The van der Waals surface area contributed by atoms with Crippen LogP contribution in [-0.2, 0) is 13.0 Å². The molecule has 24 heavy (non-hydrogen) atoms. The lowest BCUT2D eigenvalue weighted by Gasteiger charge is -2.11. The first-order valence-corrected chi connectivity index (χ1v) is 8.12. The van der Waals surface area contributed by atoms with Crippen molar-refractivity contribution in [1.29, 1.82) is 0 Å². The van der Waals surface area contributed by atoms with Crippen LogP contribution in [0.5, 0.6) is 0 Å². The summed E-state index contributed by atoms with van der Waals surface area (Å²) in [5.41, 5.74) is 0.485. The molecule has 0 aliphatic rings. The summed E-state index contributed by atoms with van der Waals surface area (Å²) in [4.78, 5) is 4.48. The third kappa shape index (κ3) is 5.98. The Kier molecular flexibility index (Phi) is 7.20. The minimum absolute atomic E-state index is 0.462.